The summed E-state index contributed by atoms with van der Waals surface area (Å²) < 4.78 is 0. The number of fused-ring (bicyclic) bond motifs is 1. The van der Waals surface area contributed by atoms with Gasteiger partial charge in [0, 0.05) is 17.3 Å². The molecular formula is C14H16N2O4. The van der Waals surface area contributed by atoms with Crippen LogP contribution in [0, 0.1) is 5.92 Å². The van der Waals surface area contributed by atoms with Crippen molar-refractivity contribution >= 4 is 23.5 Å². The molecule has 1 aromatic carbocycles. The number of rotatable bonds is 4. The Morgan fingerprint density at radius 2 is 2.05 bits per heavy atom. The zero-order valence-corrected chi connectivity index (χ0v) is 11.3. The Morgan fingerprint density at radius 3 is 2.70 bits per heavy atom. The molecule has 0 aliphatic carbocycles. The number of carboxylic acids is 1. The van der Waals surface area contributed by atoms with E-state index in [4.69, 9.17) is 5.11 Å². The molecule has 3 N–H and O–H groups in total. The standard InChI is InChI=1S/C14H16N2O4/c1-7(14(19)20)8(2)15-13(18)9-3-4-11-10(5-9)6-12(17)16-11/h3-5,7-8H,6H2,1-2H3,(H,15,18)(H,16,17)(H,19,20). The van der Waals surface area contributed by atoms with Crippen LogP contribution in [0.1, 0.15) is 29.8 Å². The maximum Gasteiger partial charge on any atom is 0.308 e. The zero-order chi connectivity index (χ0) is 14.9. The molecule has 0 spiro atoms. The summed E-state index contributed by atoms with van der Waals surface area (Å²) in [6.07, 6.45) is 0.261. The number of hydrogen-bond donors (Lipinski definition) is 3. The molecule has 1 aliphatic heterocycles. The number of aliphatic carboxylic acids is 1. The summed E-state index contributed by atoms with van der Waals surface area (Å²) in [6.45, 7) is 3.19. The molecule has 0 bridgehead atoms. The Labute approximate surface area is 116 Å². The third kappa shape index (κ3) is 2.79. The van der Waals surface area contributed by atoms with E-state index in [1.54, 1.807) is 32.0 Å². The largest absolute Gasteiger partial charge is 0.481 e. The first kappa shape index (κ1) is 14.0. The van der Waals surface area contributed by atoms with Gasteiger partial charge in [0.2, 0.25) is 5.91 Å². The minimum absolute atomic E-state index is 0.0922. The van der Waals surface area contributed by atoms with Gasteiger partial charge in [-0.05, 0) is 37.6 Å². The Morgan fingerprint density at radius 1 is 1.35 bits per heavy atom. The first-order chi connectivity index (χ1) is 9.38. The molecule has 6 heteroatoms. The van der Waals surface area contributed by atoms with Crippen molar-refractivity contribution in [1.82, 2.24) is 5.32 Å². The van der Waals surface area contributed by atoms with E-state index >= 15 is 0 Å². The van der Waals surface area contributed by atoms with E-state index in [0.29, 0.717) is 5.56 Å². The molecule has 0 radical (unpaired) electrons. The van der Waals surface area contributed by atoms with Crippen molar-refractivity contribution in [3.8, 4) is 0 Å². The maximum absolute atomic E-state index is 12.1. The van der Waals surface area contributed by atoms with Gasteiger partial charge in [0.1, 0.15) is 0 Å². The van der Waals surface area contributed by atoms with Crippen molar-refractivity contribution in [2.45, 2.75) is 26.3 Å². The summed E-state index contributed by atoms with van der Waals surface area (Å²) in [4.78, 5) is 34.2. The minimum atomic E-state index is -0.957. The number of anilines is 1. The first-order valence-corrected chi connectivity index (χ1v) is 6.35. The van der Waals surface area contributed by atoms with Gasteiger partial charge < -0.3 is 15.7 Å². The SMILES string of the molecule is CC(NC(=O)c1ccc2c(c1)CC(=O)N2)C(C)C(=O)O. The summed E-state index contributed by atoms with van der Waals surface area (Å²) in [7, 11) is 0. The van der Waals surface area contributed by atoms with Gasteiger partial charge in [0.05, 0.1) is 12.3 Å². The molecule has 106 valence electrons. The van der Waals surface area contributed by atoms with E-state index in [9.17, 15) is 14.4 Å². The molecule has 2 rings (SSSR count). The van der Waals surface area contributed by atoms with E-state index in [1.807, 2.05) is 0 Å². The lowest BCUT2D eigenvalue weighted by Crippen LogP contribution is -2.40. The number of nitrogens with one attached hydrogen (secondary N) is 2. The summed E-state index contributed by atoms with van der Waals surface area (Å²) in [5.41, 5.74) is 1.92. The average molecular weight is 276 g/mol. The summed E-state index contributed by atoms with van der Waals surface area (Å²) in [6, 6.07) is 4.46. The monoisotopic (exact) mass is 276 g/mol. The molecule has 0 aromatic heterocycles. The number of carbonyl (C=O) groups is 3. The molecule has 2 atom stereocenters. The van der Waals surface area contributed by atoms with Crippen LogP contribution in [0.15, 0.2) is 18.2 Å². The van der Waals surface area contributed by atoms with Gasteiger partial charge in [-0.1, -0.05) is 0 Å². The maximum atomic E-state index is 12.1. The number of carbonyl (C=O) groups excluding carboxylic acids is 2. The van der Waals surface area contributed by atoms with Crippen molar-refractivity contribution in [3.05, 3.63) is 29.3 Å². The molecule has 2 unspecified atom stereocenters. The lowest BCUT2D eigenvalue weighted by Gasteiger charge is -2.17. The smallest absolute Gasteiger partial charge is 0.308 e. The third-order valence-electron chi connectivity index (χ3n) is 3.49. The Balaban J connectivity index is 2.09. The van der Waals surface area contributed by atoms with Crippen LogP contribution < -0.4 is 10.6 Å². The van der Waals surface area contributed by atoms with Crippen LogP contribution in [0.5, 0.6) is 0 Å². The highest BCUT2D eigenvalue weighted by atomic mass is 16.4. The molecule has 0 fully saturated rings. The van der Waals surface area contributed by atoms with E-state index < -0.39 is 17.9 Å². The van der Waals surface area contributed by atoms with Crippen LogP contribution in [0.2, 0.25) is 0 Å². The summed E-state index contributed by atoms with van der Waals surface area (Å²) >= 11 is 0. The lowest BCUT2D eigenvalue weighted by molar-refractivity contribution is -0.141. The van der Waals surface area contributed by atoms with Gasteiger partial charge in [-0.2, -0.15) is 0 Å². The molecule has 0 saturated carbocycles. The molecule has 6 nitrogen and oxygen atoms in total. The molecular weight excluding hydrogens is 260 g/mol. The third-order valence-corrected chi connectivity index (χ3v) is 3.49. The highest BCUT2D eigenvalue weighted by Gasteiger charge is 2.23. The van der Waals surface area contributed by atoms with Gasteiger partial charge in [0.15, 0.2) is 0 Å². The minimum Gasteiger partial charge on any atom is -0.481 e. The fourth-order valence-electron chi connectivity index (χ4n) is 2.00. The van der Waals surface area contributed by atoms with Crippen LogP contribution in [0.25, 0.3) is 0 Å². The fraction of sp³-hybridized carbons (Fsp3) is 0.357. The van der Waals surface area contributed by atoms with Crippen LogP contribution in [0.4, 0.5) is 5.69 Å². The van der Waals surface area contributed by atoms with Crippen LogP contribution in [-0.2, 0) is 16.0 Å². The molecule has 1 aromatic rings. The van der Waals surface area contributed by atoms with Gasteiger partial charge in [-0.15, -0.1) is 0 Å². The predicted molar refractivity (Wildman–Crippen MR) is 72.5 cm³/mol. The van der Waals surface area contributed by atoms with Gasteiger partial charge >= 0.3 is 5.97 Å². The molecule has 2 amide bonds. The normalized spacial score (nSPS) is 16.0. The lowest BCUT2D eigenvalue weighted by atomic mass is 10.0. The predicted octanol–water partition coefficient (Wildman–Crippen LogP) is 1.02. The average Bonchev–Trinajstić information content (AvgIpc) is 2.76. The second kappa shape index (κ2) is 5.32. The van der Waals surface area contributed by atoms with E-state index in [0.717, 1.165) is 11.3 Å². The highest BCUT2D eigenvalue weighted by Crippen LogP contribution is 2.23. The second-order valence-electron chi connectivity index (χ2n) is 4.99. The van der Waals surface area contributed by atoms with Gasteiger partial charge in [-0.3, -0.25) is 14.4 Å². The van der Waals surface area contributed by atoms with Crippen LogP contribution >= 0.6 is 0 Å². The summed E-state index contributed by atoms with van der Waals surface area (Å²) in [5, 5.41) is 14.2. The van der Waals surface area contributed by atoms with Crippen molar-refractivity contribution in [3.63, 3.8) is 0 Å². The first-order valence-electron chi connectivity index (χ1n) is 6.35. The van der Waals surface area contributed by atoms with E-state index in [2.05, 4.69) is 10.6 Å². The van der Waals surface area contributed by atoms with Crippen molar-refractivity contribution < 1.29 is 19.5 Å². The van der Waals surface area contributed by atoms with Crippen molar-refractivity contribution in [1.29, 1.82) is 0 Å². The van der Waals surface area contributed by atoms with E-state index in [-0.39, 0.29) is 18.2 Å². The second-order valence-corrected chi connectivity index (χ2v) is 4.99. The van der Waals surface area contributed by atoms with Crippen molar-refractivity contribution in [2.75, 3.05) is 5.32 Å². The Hall–Kier alpha value is -2.37. The fourth-order valence-corrected chi connectivity index (χ4v) is 2.00. The van der Waals surface area contributed by atoms with Gasteiger partial charge in [0.25, 0.3) is 5.91 Å². The Bertz CT molecular complexity index is 583. The molecule has 1 aliphatic rings. The van der Waals surface area contributed by atoms with Crippen LogP contribution in [-0.4, -0.2) is 28.9 Å². The quantitative estimate of drug-likeness (QED) is 0.765. The highest BCUT2D eigenvalue weighted by molar-refractivity contribution is 6.01. The van der Waals surface area contributed by atoms with Crippen molar-refractivity contribution in [2.24, 2.45) is 5.92 Å². The topological polar surface area (TPSA) is 95.5 Å². The molecule has 20 heavy (non-hydrogen) atoms. The number of carboxylic acid groups (broad SMARTS) is 1. The number of benzene rings is 1. The van der Waals surface area contributed by atoms with Crippen LogP contribution in [0.3, 0.4) is 0 Å². The molecule has 1 heterocycles. The summed E-state index contributed by atoms with van der Waals surface area (Å²) in [5.74, 6) is -2.06. The Kier molecular flexibility index (Phi) is 3.74. The van der Waals surface area contributed by atoms with Gasteiger partial charge in [-0.25, -0.2) is 0 Å². The number of hydrogen-bond acceptors (Lipinski definition) is 3. The van der Waals surface area contributed by atoms with E-state index in [1.165, 1.54) is 0 Å². The molecule has 0 saturated heterocycles. The number of amides is 2. The zero-order valence-electron chi connectivity index (χ0n) is 11.3.